The molecule has 0 radical (unpaired) electrons. The van der Waals surface area contributed by atoms with Crippen LogP contribution in [-0.2, 0) is 0 Å². The Hall–Kier alpha value is -2.83. The molecule has 0 bridgehead atoms. The fraction of sp³-hybridized carbons (Fsp3) is 0. The number of H-pyrrole nitrogens is 1. The Balaban J connectivity index is 2.26. The van der Waals surface area contributed by atoms with Crippen molar-refractivity contribution in [1.29, 1.82) is 0 Å². The van der Waals surface area contributed by atoms with E-state index in [9.17, 15) is 9.59 Å². The van der Waals surface area contributed by atoms with Gasteiger partial charge in [-0.05, 0) is 0 Å². The van der Waals surface area contributed by atoms with Crippen molar-refractivity contribution in [1.82, 2.24) is 14.4 Å². The minimum Gasteiger partial charge on any atom is -0.477 e. The van der Waals surface area contributed by atoms with Gasteiger partial charge < -0.3 is 14.5 Å². The van der Waals surface area contributed by atoms with Crippen molar-refractivity contribution in [3.05, 3.63) is 46.7 Å². The van der Waals surface area contributed by atoms with Gasteiger partial charge in [0.15, 0.2) is 5.43 Å². The van der Waals surface area contributed by atoms with E-state index >= 15 is 0 Å². The van der Waals surface area contributed by atoms with Gasteiger partial charge in [0.1, 0.15) is 12.0 Å². The number of hydrogen-bond acceptors (Lipinski definition) is 4. The van der Waals surface area contributed by atoms with E-state index in [2.05, 4.69) is 9.97 Å². The number of pyridine rings is 1. The van der Waals surface area contributed by atoms with Gasteiger partial charge in [-0.3, -0.25) is 9.20 Å². The number of aromatic nitrogens is 3. The number of imidazole rings is 1. The Morgan fingerprint density at radius 2 is 2.28 bits per heavy atom. The topological polar surface area (TPSA) is 101 Å². The molecule has 0 unspecified atom stereocenters. The molecule has 0 fully saturated rings. The molecule has 0 saturated carbocycles. The van der Waals surface area contributed by atoms with Gasteiger partial charge in [-0.25, -0.2) is 9.78 Å². The fourth-order valence-corrected chi connectivity index (χ4v) is 1.72. The first-order valence-electron chi connectivity index (χ1n) is 5.04. The predicted octanol–water partition coefficient (Wildman–Crippen LogP) is 0.981. The molecule has 0 aromatic carbocycles. The number of carbonyl (C=O) groups is 1. The maximum Gasteiger partial charge on any atom is 0.352 e. The third-order valence-electron chi connectivity index (χ3n) is 2.50. The van der Waals surface area contributed by atoms with Crippen LogP contribution in [0.25, 0.3) is 17.2 Å². The molecule has 90 valence electrons. The molecule has 2 N–H and O–H groups in total. The lowest BCUT2D eigenvalue weighted by molar-refractivity contribution is 0.0690. The first-order valence-corrected chi connectivity index (χ1v) is 5.04. The molecule has 3 heterocycles. The normalized spacial score (nSPS) is 10.9. The van der Waals surface area contributed by atoms with Crippen LogP contribution < -0.4 is 5.43 Å². The number of nitrogens with one attached hydrogen (secondary N) is 1. The Bertz CT molecular complexity index is 796. The molecule has 0 aliphatic carbocycles. The summed E-state index contributed by atoms with van der Waals surface area (Å²) in [4.78, 5) is 29.0. The molecule has 0 spiro atoms. The Kier molecular flexibility index (Phi) is 2.06. The average Bonchev–Trinajstić information content (AvgIpc) is 2.89. The molecule has 0 atom stereocenters. The second-order valence-electron chi connectivity index (χ2n) is 3.65. The summed E-state index contributed by atoms with van der Waals surface area (Å²) in [5.74, 6) is -0.825. The summed E-state index contributed by atoms with van der Waals surface area (Å²) in [5.41, 5.74) is 0.364. The van der Waals surface area contributed by atoms with E-state index in [1.807, 2.05) is 0 Å². The highest BCUT2D eigenvalue weighted by molar-refractivity contribution is 5.86. The number of carboxylic acids is 1. The van der Waals surface area contributed by atoms with Crippen molar-refractivity contribution in [3.63, 3.8) is 0 Å². The van der Waals surface area contributed by atoms with Gasteiger partial charge in [0.2, 0.25) is 0 Å². The number of hydrogen-bond donors (Lipinski definition) is 2. The summed E-state index contributed by atoms with van der Waals surface area (Å²) in [6.07, 6.45) is 4.57. The summed E-state index contributed by atoms with van der Waals surface area (Å²) >= 11 is 0. The Morgan fingerprint density at radius 3 is 3.06 bits per heavy atom. The molecule has 0 saturated heterocycles. The van der Waals surface area contributed by atoms with Crippen molar-refractivity contribution >= 4 is 11.8 Å². The van der Waals surface area contributed by atoms with Crippen molar-refractivity contribution in [2.24, 2.45) is 0 Å². The van der Waals surface area contributed by atoms with Crippen LogP contribution in [0.15, 0.2) is 40.0 Å². The second-order valence-corrected chi connectivity index (χ2v) is 3.65. The minimum absolute atomic E-state index is 0.170. The molecule has 7 heteroatoms. The average molecular weight is 245 g/mol. The SMILES string of the molecule is O=C(O)c1cc(=O)cc(-c2cnc3occn23)[nH]1. The van der Waals surface area contributed by atoms with E-state index in [1.165, 1.54) is 18.5 Å². The van der Waals surface area contributed by atoms with Crippen molar-refractivity contribution in [2.45, 2.75) is 0 Å². The van der Waals surface area contributed by atoms with Gasteiger partial charge in [-0.1, -0.05) is 0 Å². The van der Waals surface area contributed by atoms with E-state index in [0.717, 1.165) is 6.07 Å². The van der Waals surface area contributed by atoms with Crippen molar-refractivity contribution < 1.29 is 14.3 Å². The zero-order valence-corrected chi connectivity index (χ0v) is 8.95. The Labute approximate surface area is 99.3 Å². The van der Waals surface area contributed by atoms with Gasteiger partial charge in [0.25, 0.3) is 0 Å². The molecular weight excluding hydrogens is 238 g/mol. The minimum atomic E-state index is -1.19. The number of aromatic amines is 1. The van der Waals surface area contributed by atoms with Crippen molar-refractivity contribution in [2.75, 3.05) is 0 Å². The second kappa shape index (κ2) is 3.59. The van der Waals surface area contributed by atoms with Gasteiger partial charge in [-0.15, -0.1) is 0 Å². The van der Waals surface area contributed by atoms with Crippen LogP contribution in [0.5, 0.6) is 0 Å². The van der Waals surface area contributed by atoms with E-state index in [-0.39, 0.29) is 11.1 Å². The monoisotopic (exact) mass is 245 g/mol. The fourth-order valence-electron chi connectivity index (χ4n) is 1.72. The lowest BCUT2D eigenvalue weighted by Gasteiger charge is -2.01. The number of oxazole rings is 1. The van der Waals surface area contributed by atoms with Gasteiger partial charge in [0, 0.05) is 18.3 Å². The molecule has 3 rings (SSSR count). The number of aromatic carboxylic acids is 1. The lowest BCUT2D eigenvalue weighted by atomic mass is 10.2. The standard InChI is InChI=1S/C11H7N3O4/c15-6-3-7(13-8(4-6)10(16)17)9-5-12-11-14(9)1-2-18-11/h1-5H,(H,13,15)(H,16,17). The third-order valence-corrected chi connectivity index (χ3v) is 2.50. The van der Waals surface area contributed by atoms with Gasteiger partial charge in [0.05, 0.1) is 17.6 Å². The molecule has 3 aromatic heterocycles. The predicted molar refractivity (Wildman–Crippen MR) is 60.5 cm³/mol. The van der Waals surface area contributed by atoms with E-state index in [0.29, 0.717) is 17.2 Å². The van der Waals surface area contributed by atoms with Crippen LogP contribution in [0.4, 0.5) is 0 Å². The first-order chi connectivity index (χ1) is 8.65. The zero-order valence-electron chi connectivity index (χ0n) is 8.95. The first kappa shape index (κ1) is 10.3. The summed E-state index contributed by atoms with van der Waals surface area (Å²) in [7, 11) is 0. The number of carboxylic acid groups (broad SMARTS) is 1. The van der Waals surface area contributed by atoms with Crippen LogP contribution in [-0.4, -0.2) is 25.4 Å². The quantitative estimate of drug-likeness (QED) is 0.700. The highest BCUT2D eigenvalue weighted by Gasteiger charge is 2.12. The molecular formula is C11H7N3O4. The van der Waals surface area contributed by atoms with Crippen LogP contribution in [0.2, 0.25) is 0 Å². The highest BCUT2D eigenvalue weighted by atomic mass is 16.4. The summed E-state index contributed by atoms with van der Waals surface area (Å²) < 4.78 is 6.68. The molecule has 0 aliphatic rings. The maximum atomic E-state index is 11.4. The lowest BCUT2D eigenvalue weighted by Crippen LogP contribution is -2.09. The zero-order chi connectivity index (χ0) is 12.7. The highest BCUT2D eigenvalue weighted by Crippen LogP contribution is 2.18. The molecule has 3 aromatic rings. The molecule has 18 heavy (non-hydrogen) atoms. The Morgan fingerprint density at radius 1 is 1.44 bits per heavy atom. The summed E-state index contributed by atoms with van der Waals surface area (Å²) in [5, 5.41) is 8.89. The number of nitrogens with zero attached hydrogens (tertiary/aromatic N) is 2. The van der Waals surface area contributed by atoms with Gasteiger partial charge in [-0.2, -0.15) is 0 Å². The van der Waals surface area contributed by atoms with E-state index in [4.69, 9.17) is 9.52 Å². The van der Waals surface area contributed by atoms with Crippen LogP contribution in [0.1, 0.15) is 10.5 Å². The summed E-state index contributed by atoms with van der Waals surface area (Å²) in [6, 6.07) is 2.34. The van der Waals surface area contributed by atoms with E-state index < -0.39 is 5.97 Å². The smallest absolute Gasteiger partial charge is 0.352 e. The number of fused-ring (bicyclic) bond motifs is 1. The molecule has 7 nitrogen and oxygen atoms in total. The summed E-state index contributed by atoms with van der Waals surface area (Å²) in [6.45, 7) is 0. The van der Waals surface area contributed by atoms with Gasteiger partial charge >= 0.3 is 11.8 Å². The maximum absolute atomic E-state index is 11.4. The molecule has 0 aliphatic heterocycles. The number of rotatable bonds is 2. The van der Waals surface area contributed by atoms with Crippen LogP contribution >= 0.6 is 0 Å². The van der Waals surface area contributed by atoms with E-state index in [1.54, 1.807) is 10.6 Å². The van der Waals surface area contributed by atoms with Crippen LogP contribution in [0.3, 0.4) is 0 Å². The van der Waals surface area contributed by atoms with Crippen LogP contribution in [0, 0.1) is 0 Å². The van der Waals surface area contributed by atoms with Crippen molar-refractivity contribution in [3.8, 4) is 11.4 Å². The third kappa shape index (κ3) is 1.49. The molecule has 0 amide bonds. The largest absolute Gasteiger partial charge is 0.477 e.